The molecule has 5 nitrogen and oxygen atoms in total. The molecule has 3 rings (SSSR count). The Morgan fingerprint density at radius 1 is 1.26 bits per heavy atom. The van der Waals surface area contributed by atoms with Crippen LogP contribution in [0.1, 0.15) is 38.8 Å². The van der Waals surface area contributed by atoms with Crippen molar-refractivity contribution in [3.63, 3.8) is 0 Å². The van der Waals surface area contributed by atoms with Crippen molar-refractivity contribution in [1.29, 1.82) is 0 Å². The molecule has 0 aromatic heterocycles. The van der Waals surface area contributed by atoms with E-state index in [1.807, 2.05) is 32.0 Å². The molecule has 0 bridgehead atoms. The Kier molecular flexibility index (Phi) is 5.51. The van der Waals surface area contributed by atoms with Gasteiger partial charge in [-0.25, -0.2) is 0 Å². The summed E-state index contributed by atoms with van der Waals surface area (Å²) in [5.74, 6) is 1.83. The van der Waals surface area contributed by atoms with Gasteiger partial charge in [0.25, 0.3) is 5.91 Å². The van der Waals surface area contributed by atoms with Crippen LogP contribution in [-0.4, -0.2) is 24.7 Å². The summed E-state index contributed by atoms with van der Waals surface area (Å²) in [5, 5.41) is 3.65. The van der Waals surface area contributed by atoms with Crippen molar-refractivity contribution in [3.05, 3.63) is 53.1 Å². The predicted octanol–water partition coefficient (Wildman–Crippen LogP) is 4.53. The highest BCUT2D eigenvalue weighted by Gasteiger charge is 2.35. The first-order valence-electron chi connectivity index (χ1n) is 8.87. The number of hydrogen-bond acceptors (Lipinski definition) is 4. The van der Waals surface area contributed by atoms with Crippen molar-refractivity contribution in [2.45, 2.75) is 44.9 Å². The van der Waals surface area contributed by atoms with Crippen LogP contribution in [0.25, 0.3) is 0 Å². The number of fused-ring (bicyclic) bond motifs is 1. The van der Waals surface area contributed by atoms with Gasteiger partial charge in [-0.05, 0) is 57.2 Å². The van der Waals surface area contributed by atoms with Crippen molar-refractivity contribution in [3.8, 4) is 17.2 Å². The molecule has 2 unspecified atom stereocenters. The average Bonchev–Trinajstić information content (AvgIpc) is 2.60. The SMILES string of the molecule is COc1ccc2c(c1)C(NC(=O)C(C)Oc1cccc(Cl)c1)CC(C)(C)O2. The van der Waals surface area contributed by atoms with Crippen LogP contribution in [0, 0.1) is 0 Å². The summed E-state index contributed by atoms with van der Waals surface area (Å²) in [6.45, 7) is 5.73. The van der Waals surface area contributed by atoms with Gasteiger partial charge in [0.1, 0.15) is 22.8 Å². The minimum absolute atomic E-state index is 0.197. The molecule has 2 aromatic rings. The zero-order valence-electron chi connectivity index (χ0n) is 15.9. The van der Waals surface area contributed by atoms with E-state index in [0.717, 1.165) is 17.1 Å². The fourth-order valence-electron chi connectivity index (χ4n) is 3.18. The zero-order valence-corrected chi connectivity index (χ0v) is 16.7. The first-order valence-corrected chi connectivity index (χ1v) is 9.25. The van der Waals surface area contributed by atoms with Crippen LogP contribution in [0.5, 0.6) is 17.2 Å². The third-order valence-corrected chi connectivity index (χ3v) is 4.70. The molecule has 1 amide bonds. The molecule has 2 aromatic carbocycles. The number of carbonyl (C=O) groups is 1. The van der Waals surface area contributed by atoms with E-state index in [1.54, 1.807) is 38.3 Å². The highest BCUT2D eigenvalue weighted by molar-refractivity contribution is 6.30. The number of ether oxygens (including phenoxy) is 3. The summed E-state index contributed by atoms with van der Waals surface area (Å²) in [4.78, 5) is 12.7. The molecule has 144 valence electrons. The van der Waals surface area contributed by atoms with Crippen molar-refractivity contribution in [2.75, 3.05) is 7.11 Å². The topological polar surface area (TPSA) is 56.8 Å². The van der Waals surface area contributed by atoms with Crippen LogP contribution in [0.15, 0.2) is 42.5 Å². The number of amides is 1. The summed E-state index contributed by atoms with van der Waals surface area (Å²) >= 11 is 5.97. The molecule has 2 atom stereocenters. The summed E-state index contributed by atoms with van der Waals surface area (Å²) in [7, 11) is 1.61. The molecule has 1 N–H and O–H groups in total. The number of hydrogen-bond donors (Lipinski definition) is 1. The van der Waals surface area contributed by atoms with Gasteiger partial charge in [-0.2, -0.15) is 0 Å². The van der Waals surface area contributed by atoms with Crippen LogP contribution < -0.4 is 19.5 Å². The van der Waals surface area contributed by atoms with Crippen LogP contribution >= 0.6 is 11.6 Å². The lowest BCUT2D eigenvalue weighted by Gasteiger charge is -2.38. The van der Waals surface area contributed by atoms with Gasteiger partial charge in [0.05, 0.1) is 13.2 Å². The normalized spacial score (nSPS) is 18.6. The van der Waals surface area contributed by atoms with E-state index < -0.39 is 11.7 Å². The van der Waals surface area contributed by atoms with E-state index >= 15 is 0 Å². The lowest BCUT2D eigenvalue weighted by Crippen LogP contribution is -2.44. The molecule has 1 aliphatic rings. The van der Waals surface area contributed by atoms with E-state index in [2.05, 4.69) is 5.32 Å². The molecule has 0 aliphatic carbocycles. The summed E-state index contributed by atoms with van der Waals surface area (Å²) < 4.78 is 17.1. The largest absolute Gasteiger partial charge is 0.497 e. The molecule has 1 heterocycles. The van der Waals surface area contributed by atoms with Gasteiger partial charge in [0.2, 0.25) is 0 Å². The molecule has 0 saturated heterocycles. The molecule has 6 heteroatoms. The Bertz CT molecular complexity index is 837. The number of carbonyl (C=O) groups excluding carboxylic acids is 1. The summed E-state index contributed by atoms with van der Waals surface area (Å²) in [6.07, 6.45) is -0.0218. The first-order chi connectivity index (χ1) is 12.8. The molecule has 0 spiro atoms. The molecular weight excluding hydrogens is 366 g/mol. The van der Waals surface area contributed by atoms with E-state index in [0.29, 0.717) is 17.2 Å². The second-order valence-corrected chi connectivity index (χ2v) is 7.68. The monoisotopic (exact) mass is 389 g/mol. The van der Waals surface area contributed by atoms with Crippen LogP contribution in [0.2, 0.25) is 5.02 Å². The average molecular weight is 390 g/mol. The lowest BCUT2D eigenvalue weighted by atomic mass is 9.89. The molecular formula is C21H24ClNO4. The third-order valence-electron chi connectivity index (χ3n) is 4.47. The van der Waals surface area contributed by atoms with Crippen molar-refractivity contribution < 1.29 is 19.0 Å². The van der Waals surface area contributed by atoms with E-state index in [1.165, 1.54) is 0 Å². The smallest absolute Gasteiger partial charge is 0.261 e. The van der Waals surface area contributed by atoms with Gasteiger partial charge in [-0.1, -0.05) is 17.7 Å². The molecule has 0 radical (unpaired) electrons. The molecule has 1 aliphatic heterocycles. The van der Waals surface area contributed by atoms with Crippen molar-refractivity contribution >= 4 is 17.5 Å². The second-order valence-electron chi connectivity index (χ2n) is 7.25. The Morgan fingerprint density at radius 3 is 2.74 bits per heavy atom. The number of halogens is 1. The second kappa shape index (κ2) is 7.69. The summed E-state index contributed by atoms with van der Waals surface area (Å²) in [5.41, 5.74) is 0.508. The molecule has 0 fully saturated rings. The number of methoxy groups -OCH3 is 1. The number of rotatable bonds is 5. The maximum Gasteiger partial charge on any atom is 0.261 e. The van der Waals surface area contributed by atoms with E-state index in [-0.39, 0.29) is 11.9 Å². The Hall–Kier alpha value is -2.40. The maximum absolute atomic E-state index is 12.7. The van der Waals surface area contributed by atoms with E-state index in [4.69, 9.17) is 25.8 Å². The van der Waals surface area contributed by atoms with Gasteiger partial charge < -0.3 is 19.5 Å². The predicted molar refractivity (Wildman–Crippen MR) is 105 cm³/mol. The quantitative estimate of drug-likeness (QED) is 0.815. The van der Waals surface area contributed by atoms with Crippen molar-refractivity contribution in [1.82, 2.24) is 5.32 Å². The minimum atomic E-state index is -0.663. The number of benzene rings is 2. The fourth-order valence-corrected chi connectivity index (χ4v) is 3.36. The Morgan fingerprint density at radius 2 is 2.04 bits per heavy atom. The Labute approximate surface area is 164 Å². The van der Waals surface area contributed by atoms with Gasteiger partial charge in [-0.15, -0.1) is 0 Å². The standard InChI is InChI=1S/C21H24ClNO4/c1-13(26-16-7-5-6-14(22)10-16)20(24)23-18-12-21(2,3)27-19-9-8-15(25-4)11-17(18)19/h5-11,13,18H,12H2,1-4H3,(H,23,24). The minimum Gasteiger partial charge on any atom is -0.497 e. The van der Waals surface area contributed by atoms with E-state index in [9.17, 15) is 4.79 Å². The van der Waals surface area contributed by atoms with Gasteiger partial charge in [0.15, 0.2) is 6.10 Å². The van der Waals surface area contributed by atoms with Gasteiger partial charge >= 0.3 is 0 Å². The van der Waals surface area contributed by atoms with Crippen LogP contribution in [0.4, 0.5) is 0 Å². The Balaban J connectivity index is 1.76. The first kappa shape index (κ1) is 19.4. The van der Waals surface area contributed by atoms with Gasteiger partial charge in [0, 0.05) is 17.0 Å². The molecule has 27 heavy (non-hydrogen) atoms. The highest BCUT2D eigenvalue weighted by Crippen LogP contribution is 2.41. The van der Waals surface area contributed by atoms with Crippen LogP contribution in [0.3, 0.4) is 0 Å². The third kappa shape index (κ3) is 4.66. The highest BCUT2D eigenvalue weighted by atomic mass is 35.5. The zero-order chi connectivity index (χ0) is 19.6. The fraction of sp³-hybridized carbons (Fsp3) is 0.381. The number of nitrogens with one attached hydrogen (secondary N) is 1. The van der Waals surface area contributed by atoms with Gasteiger partial charge in [-0.3, -0.25) is 4.79 Å². The van der Waals surface area contributed by atoms with Crippen LogP contribution in [-0.2, 0) is 4.79 Å². The molecule has 0 saturated carbocycles. The van der Waals surface area contributed by atoms with Crippen molar-refractivity contribution in [2.24, 2.45) is 0 Å². The summed E-state index contributed by atoms with van der Waals surface area (Å²) in [6, 6.07) is 12.4. The lowest BCUT2D eigenvalue weighted by molar-refractivity contribution is -0.128. The maximum atomic E-state index is 12.7.